The van der Waals surface area contributed by atoms with Gasteiger partial charge in [-0.05, 0) is 62.5 Å². The first-order valence-electron chi connectivity index (χ1n) is 10.4. The Balaban J connectivity index is 1.86. The average Bonchev–Trinajstić information content (AvgIpc) is 2.63. The maximum atomic E-state index is 12.8. The summed E-state index contributed by atoms with van der Waals surface area (Å²) in [6.07, 6.45) is 11.6. The molecule has 0 radical (unpaired) electrons. The highest BCUT2D eigenvalue weighted by Gasteiger charge is 2.30. The van der Waals surface area contributed by atoms with Crippen molar-refractivity contribution in [2.75, 3.05) is 0 Å². The van der Waals surface area contributed by atoms with Crippen LogP contribution in [0.15, 0.2) is 30.4 Å². The van der Waals surface area contributed by atoms with E-state index in [0.717, 1.165) is 44.1 Å². The molecule has 1 fully saturated rings. The molecule has 0 saturated carbocycles. The number of aryl methyl sites for hydroxylation is 1. The monoisotopic (exact) mass is 372 g/mol. The van der Waals surface area contributed by atoms with Gasteiger partial charge in [-0.25, -0.2) is 4.79 Å². The number of hydrogen-bond acceptors (Lipinski definition) is 4. The third kappa shape index (κ3) is 5.35. The molecule has 3 rings (SSSR count). The lowest BCUT2D eigenvalue weighted by molar-refractivity contribution is -0.0786. The molecule has 0 aliphatic carbocycles. The molecule has 4 heteroatoms. The van der Waals surface area contributed by atoms with E-state index >= 15 is 0 Å². The minimum Gasteiger partial charge on any atom is -0.507 e. The Morgan fingerprint density at radius 3 is 2.70 bits per heavy atom. The van der Waals surface area contributed by atoms with Crippen LogP contribution in [0.4, 0.5) is 0 Å². The molecule has 2 heterocycles. The van der Waals surface area contributed by atoms with Crippen LogP contribution in [0, 0.1) is 5.92 Å². The summed E-state index contributed by atoms with van der Waals surface area (Å²) in [6.45, 7) is 4.39. The van der Waals surface area contributed by atoms with Gasteiger partial charge in [-0.2, -0.15) is 0 Å². The second-order valence-corrected chi connectivity index (χ2v) is 8.03. The predicted octanol–water partition coefficient (Wildman–Crippen LogP) is 5.18. The highest BCUT2D eigenvalue weighted by molar-refractivity contribution is 5.94. The summed E-state index contributed by atoms with van der Waals surface area (Å²) in [5, 5.41) is 10.3. The third-order valence-corrected chi connectivity index (χ3v) is 5.67. The molecular formula is C23H32O4. The minimum absolute atomic E-state index is 0.00761. The largest absolute Gasteiger partial charge is 0.507 e. The molecule has 0 spiro atoms. The SMILES string of the molecule is CC/C=C/CC1CC[C@H]2CC(C)CC(CCc3cccc(O)c3C(=O)O1)O2. The van der Waals surface area contributed by atoms with Gasteiger partial charge >= 0.3 is 5.97 Å². The molecule has 2 aliphatic rings. The summed E-state index contributed by atoms with van der Waals surface area (Å²) < 4.78 is 12.2. The summed E-state index contributed by atoms with van der Waals surface area (Å²) in [4.78, 5) is 12.8. The Bertz CT molecular complexity index is 666. The summed E-state index contributed by atoms with van der Waals surface area (Å²) in [7, 11) is 0. The number of allylic oxidation sites excluding steroid dienone is 1. The number of phenolic OH excluding ortho intramolecular Hbond substituents is 1. The van der Waals surface area contributed by atoms with Gasteiger partial charge in [-0.3, -0.25) is 0 Å². The fourth-order valence-electron chi connectivity index (χ4n) is 4.32. The molecule has 2 aliphatic heterocycles. The summed E-state index contributed by atoms with van der Waals surface area (Å²) in [5.74, 6) is 0.257. The minimum atomic E-state index is -0.405. The van der Waals surface area contributed by atoms with Crippen molar-refractivity contribution >= 4 is 5.97 Å². The Hall–Kier alpha value is -1.81. The zero-order chi connectivity index (χ0) is 19.2. The van der Waals surface area contributed by atoms with E-state index in [2.05, 4.69) is 26.0 Å². The standard InChI is InChI=1S/C23H32O4/c1-3-4-5-8-18-12-13-20-15-16(2)14-19(26-20)11-10-17-7-6-9-21(24)22(17)23(25)27-18/h4-7,9,16,18-20,24H,3,8,10-15H2,1-2H3/b5-4+/t16?,18?,19?,20-/m0/s1. The highest BCUT2D eigenvalue weighted by atomic mass is 16.5. The molecule has 1 aromatic rings. The van der Waals surface area contributed by atoms with Gasteiger partial charge in [0.25, 0.3) is 0 Å². The number of hydrogen-bond donors (Lipinski definition) is 1. The molecule has 27 heavy (non-hydrogen) atoms. The van der Waals surface area contributed by atoms with Gasteiger partial charge in [0.2, 0.25) is 0 Å². The normalized spacial score (nSPS) is 29.5. The molecular weight excluding hydrogens is 340 g/mol. The molecule has 4 atom stereocenters. The second-order valence-electron chi connectivity index (χ2n) is 8.03. The Labute approximate surface area is 162 Å². The van der Waals surface area contributed by atoms with E-state index in [4.69, 9.17) is 9.47 Å². The average molecular weight is 373 g/mol. The van der Waals surface area contributed by atoms with Crippen LogP contribution in [-0.4, -0.2) is 29.4 Å². The van der Waals surface area contributed by atoms with Gasteiger partial charge in [0.15, 0.2) is 0 Å². The van der Waals surface area contributed by atoms with E-state index in [1.165, 1.54) is 0 Å². The van der Waals surface area contributed by atoms with Crippen LogP contribution in [0.1, 0.15) is 74.7 Å². The molecule has 2 bridgehead atoms. The highest BCUT2D eigenvalue weighted by Crippen LogP contribution is 2.32. The van der Waals surface area contributed by atoms with E-state index < -0.39 is 5.97 Å². The number of ether oxygens (including phenoxy) is 2. The molecule has 1 saturated heterocycles. The Morgan fingerprint density at radius 2 is 1.93 bits per heavy atom. The molecule has 1 aromatic carbocycles. The quantitative estimate of drug-likeness (QED) is 0.586. The maximum Gasteiger partial charge on any atom is 0.342 e. The van der Waals surface area contributed by atoms with E-state index in [0.29, 0.717) is 24.3 Å². The van der Waals surface area contributed by atoms with Gasteiger partial charge in [-0.15, -0.1) is 0 Å². The number of rotatable bonds is 3. The van der Waals surface area contributed by atoms with Crippen molar-refractivity contribution in [2.45, 2.75) is 83.5 Å². The smallest absolute Gasteiger partial charge is 0.342 e. The fourth-order valence-corrected chi connectivity index (χ4v) is 4.32. The topological polar surface area (TPSA) is 55.8 Å². The summed E-state index contributed by atoms with van der Waals surface area (Å²) >= 11 is 0. The van der Waals surface area contributed by atoms with Crippen molar-refractivity contribution in [3.63, 3.8) is 0 Å². The lowest BCUT2D eigenvalue weighted by Gasteiger charge is -2.35. The van der Waals surface area contributed by atoms with Crippen LogP contribution in [0.3, 0.4) is 0 Å². The number of phenols is 1. The van der Waals surface area contributed by atoms with Gasteiger partial charge in [0.1, 0.15) is 17.4 Å². The number of esters is 1. The Kier molecular flexibility index (Phi) is 6.95. The van der Waals surface area contributed by atoms with Crippen LogP contribution < -0.4 is 0 Å². The van der Waals surface area contributed by atoms with Gasteiger partial charge in [0, 0.05) is 6.42 Å². The first kappa shape index (κ1) is 19.9. The van der Waals surface area contributed by atoms with Gasteiger partial charge < -0.3 is 14.6 Å². The van der Waals surface area contributed by atoms with E-state index in [9.17, 15) is 9.90 Å². The van der Waals surface area contributed by atoms with Crippen LogP contribution in [0.5, 0.6) is 5.75 Å². The summed E-state index contributed by atoms with van der Waals surface area (Å²) in [6, 6.07) is 5.27. The molecule has 4 nitrogen and oxygen atoms in total. The Morgan fingerprint density at radius 1 is 1.15 bits per heavy atom. The third-order valence-electron chi connectivity index (χ3n) is 5.67. The number of cyclic esters (lactones) is 1. The number of carbonyl (C=O) groups is 1. The van der Waals surface area contributed by atoms with Crippen LogP contribution in [-0.2, 0) is 15.9 Å². The van der Waals surface area contributed by atoms with Crippen molar-refractivity contribution in [2.24, 2.45) is 5.92 Å². The van der Waals surface area contributed by atoms with Gasteiger partial charge in [0.05, 0.1) is 12.2 Å². The predicted molar refractivity (Wildman–Crippen MR) is 106 cm³/mol. The van der Waals surface area contributed by atoms with E-state index in [1.807, 2.05) is 6.07 Å². The number of fused-ring (bicyclic) bond motifs is 3. The van der Waals surface area contributed by atoms with Crippen molar-refractivity contribution in [1.82, 2.24) is 0 Å². The molecule has 148 valence electrons. The van der Waals surface area contributed by atoms with Crippen LogP contribution in [0.2, 0.25) is 0 Å². The molecule has 0 amide bonds. The van der Waals surface area contributed by atoms with Crippen molar-refractivity contribution in [1.29, 1.82) is 0 Å². The fraction of sp³-hybridized carbons (Fsp3) is 0.609. The van der Waals surface area contributed by atoms with Crippen LogP contribution in [0.25, 0.3) is 0 Å². The summed E-state index contributed by atoms with van der Waals surface area (Å²) in [5.41, 5.74) is 1.17. The maximum absolute atomic E-state index is 12.8. The molecule has 0 aromatic heterocycles. The number of aromatic hydroxyl groups is 1. The lowest BCUT2D eigenvalue weighted by atomic mass is 9.88. The first-order valence-corrected chi connectivity index (χ1v) is 10.4. The van der Waals surface area contributed by atoms with Gasteiger partial charge in [-0.1, -0.05) is 38.1 Å². The van der Waals surface area contributed by atoms with Crippen molar-refractivity contribution in [3.8, 4) is 5.75 Å². The number of benzene rings is 1. The zero-order valence-corrected chi connectivity index (χ0v) is 16.5. The second kappa shape index (κ2) is 9.41. The van der Waals surface area contributed by atoms with E-state index in [1.54, 1.807) is 12.1 Å². The number of carbonyl (C=O) groups excluding carboxylic acids is 1. The molecule has 1 N–H and O–H groups in total. The van der Waals surface area contributed by atoms with E-state index in [-0.39, 0.29) is 24.1 Å². The lowest BCUT2D eigenvalue weighted by Crippen LogP contribution is -2.34. The van der Waals surface area contributed by atoms with Crippen molar-refractivity contribution in [3.05, 3.63) is 41.5 Å². The first-order chi connectivity index (χ1) is 13.1. The van der Waals surface area contributed by atoms with Crippen LogP contribution >= 0.6 is 0 Å². The van der Waals surface area contributed by atoms with Crippen molar-refractivity contribution < 1.29 is 19.4 Å². The zero-order valence-electron chi connectivity index (χ0n) is 16.5. The molecule has 3 unspecified atom stereocenters.